The number of hydrogen-bond acceptors (Lipinski definition) is 3. The van der Waals surface area contributed by atoms with E-state index in [1.165, 1.54) is 18.4 Å². The summed E-state index contributed by atoms with van der Waals surface area (Å²) in [6.45, 7) is 4.57. The minimum Gasteiger partial charge on any atom is -0.373 e. The highest BCUT2D eigenvalue weighted by Crippen LogP contribution is 2.32. The third-order valence-corrected chi connectivity index (χ3v) is 3.42. The van der Waals surface area contributed by atoms with Crippen molar-refractivity contribution in [2.24, 2.45) is 0 Å². The molecule has 1 saturated heterocycles. The summed E-state index contributed by atoms with van der Waals surface area (Å²) in [6, 6.07) is 4.26. The Balaban J connectivity index is 2.20. The van der Waals surface area contributed by atoms with Crippen LogP contribution in [0.2, 0.25) is 0 Å². The van der Waals surface area contributed by atoms with Crippen molar-refractivity contribution >= 4 is 5.82 Å². The standard InChI is InChI=1S/C12H19N3/c1-12(5-7-14-8-6-12)10-3-4-11(13-2)15-9-10/h3-4,9,14H,5-8H2,1-2H3,(H,13,15). The molecule has 15 heavy (non-hydrogen) atoms. The van der Waals surface area contributed by atoms with Crippen LogP contribution in [-0.2, 0) is 5.41 Å². The Labute approximate surface area is 91.3 Å². The van der Waals surface area contributed by atoms with Crippen LogP contribution in [0.25, 0.3) is 0 Å². The second-order valence-corrected chi connectivity index (χ2v) is 4.49. The lowest BCUT2D eigenvalue weighted by Crippen LogP contribution is -2.37. The van der Waals surface area contributed by atoms with E-state index in [-0.39, 0.29) is 0 Å². The second kappa shape index (κ2) is 4.19. The van der Waals surface area contributed by atoms with Gasteiger partial charge in [0.15, 0.2) is 0 Å². The van der Waals surface area contributed by atoms with Gasteiger partial charge in [-0.05, 0) is 43.0 Å². The van der Waals surface area contributed by atoms with Gasteiger partial charge in [0, 0.05) is 13.2 Å². The van der Waals surface area contributed by atoms with Crippen LogP contribution in [0, 0.1) is 0 Å². The number of anilines is 1. The lowest BCUT2D eigenvalue weighted by Gasteiger charge is -2.34. The van der Waals surface area contributed by atoms with Crippen molar-refractivity contribution in [2.45, 2.75) is 25.2 Å². The SMILES string of the molecule is CNc1ccc(C2(C)CCNCC2)cn1. The molecule has 1 fully saturated rings. The van der Waals surface area contributed by atoms with Crippen LogP contribution in [0.4, 0.5) is 5.82 Å². The highest BCUT2D eigenvalue weighted by molar-refractivity contribution is 5.36. The molecule has 3 heteroatoms. The summed E-state index contributed by atoms with van der Waals surface area (Å²) in [6.07, 6.45) is 4.41. The Kier molecular flexibility index (Phi) is 2.91. The molecular formula is C12H19N3. The van der Waals surface area contributed by atoms with Crippen LogP contribution >= 0.6 is 0 Å². The zero-order chi connectivity index (χ0) is 10.7. The van der Waals surface area contributed by atoms with Gasteiger partial charge in [-0.1, -0.05) is 13.0 Å². The van der Waals surface area contributed by atoms with E-state index in [0.717, 1.165) is 18.9 Å². The summed E-state index contributed by atoms with van der Waals surface area (Å²) < 4.78 is 0. The zero-order valence-electron chi connectivity index (χ0n) is 9.51. The van der Waals surface area contributed by atoms with Crippen molar-refractivity contribution in [3.63, 3.8) is 0 Å². The molecule has 2 rings (SSSR count). The van der Waals surface area contributed by atoms with Gasteiger partial charge in [-0.25, -0.2) is 4.98 Å². The minimum absolute atomic E-state index is 0.310. The minimum atomic E-state index is 0.310. The van der Waals surface area contributed by atoms with Crippen LogP contribution < -0.4 is 10.6 Å². The summed E-state index contributed by atoms with van der Waals surface area (Å²) in [4.78, 5) is 4.39. The van der Waals surface area contributed by atoms with Crippen molar-refractivity contribution in [3.05, 3.63) is 23.9 Å². The largest absolute Gasteiger partial charge is 0.373 e. The summed E-state index contributed by atoms with van der Waals surface area (Å²) >= 11 is 0. The van der Waals surface area contributed by atoms with Gasteiger partial charge in [0.05, 0.1) is 0 Å². The monoisotopic (exact) mass is 205 g/mol. The van der Waals surface area contributed by atoms with Gasteiger partial charge in [-0.15, -0.1) is 0 Å². The normalized spacial score (nSPS) is 19.9. The van der Waals surface area contributed by atoms with E-state index in [2.05, 4.69) is 34.7 Å². The van der Waals surface area contributed by atoms with Crippen LogP contribution in [0.3, 0.4) is 0 Å². The van der Waals surface area contributed by atoms with Gasteiger partial charge in [0.2, 0.25) is 0 Å². The topological polar surface area (TPSA) is 37.0 Å². The maximum atomic E-state index is 4.39. The van der Waals surface area contributed by atoms with Crippen molar-refractivity contribution < 1.29 is 0 Å². The Morgan fingerprint density at radius 1 is 1.33 bits per heavy atom. The molecule has 0 radical (unpaired) electrons. The Bertz CT molecular complexity index is 312. The highest BCUT2D eigenvalue weighted by atomic mass is 14.9. The predicted octanol–water partition coefficient (Wildman–Crippen LogP) is 1.76. The van der Waals surface area contributed by atoms with Gasteiger partial charge < -0.3 is 10.6 Å². The molecule has 0 amide bonds. The third kappa shape index (κ3) is 2.12. The van der Waals surface area contributed by atoms with Crippen molar-refractivity contribution in [1.29, 1.82) is 0 Å². The molecule has 3 nitrogen and oxygen atoms in total. The number of rotatable bonds is 2. The average Bonchev–Trinajstić information content (AvgIpc) is 2.30. The first-order valence-electron chi connectivity index (χ1n) is 5.60. The summed E-state index contributed by atoms with van der Waals surface area (Å²) in [5.74, 6) is 0.941. The predicted molar refractivity (Wildman–Crippen MR) is 63.2 cm³/mol. The van der Waals surface area contributed by atoms with E-state index in [9.17, 15) is 0 Å². The molecule has 0 aliphatic carbocycles. The molecule has 0 unspecified atom stereocenters. The maximum absolute atomic E-state index is 4.39. The van der Waals surface area contributed by atoms with Gasteiger partial charge in [-0.3, -0.25) is 0 Å². The molecule has 2 heterocycles. The zero-order valence-corrected chi connectivity index (χ0v) is 9.51. The van der Waals surface area contributed by atoms with Gasteiger partial charge >= 0.3 is 0 Å². The molecule has 0 spiro atoms. The molecule has 1 aliphatic rings. The first-order valence-corrected chi connectivity index (χ1v) is 5.60. The van der Waals surface area contributed by atoms with Crippen molar-refractivity contribution in [1.82, 2.24) is 10.3 Å². The fourth-order valence-electron chi connectivity index (χ4n) is 2.17. The number of hydrogen-bond donors (Lipinski definition) is 2. The Hall–Kier alpha value is -1.09. The number of piperidine rings is 1. The highest BCUT2D eigenvalue weighted by Gasteiger charge is 2.28. The number of pyridine rings is 1. The van der Waals surface area contributed by atoms with E-state index in [1.807, 2.05) is 13.2 Å². The lowest BCUT2D eigenvalue weighted by atomic mass is 9.76. The molecule has 1 aliphatic heterocycles. The van der Waals surface area contributed by atoms with Crippen LogP contribution in [-0.4, -0.2) is 25.1 Å². The number of nitrogens with one attached hydrogen (secondary N) is 2. The van der Waals surface area contributed by atoms with Crippen molar-refractivity contribution in [3.8, 4) is 0 Å². The van der Waals surface area contributed by atoms with E-state index in [1.54, 1.807) is 0 Å². The first kappa shape index (κ1) is 10.4. The molecule has 0 aromatic carbocycles. The van der Waals surface area contributed by atoms with Crippen molar-refractivity contribution in [2.75, 3.05) is 25.5 Å². The summed E-state index contributed by atoms with van der Waals surface area (Å²) in [5.41, 5.74) is 1.67. The van der Waals surface area contributed by atoms with E-state index in [4.69, 9.17) is 0 Å². The van der Waals surface area contributed by atoms with Gasteiger partial charge in [-0.2, -0.15) is 0 Å². The Morgan fingerprint density at radius 2 is 2.07 bits per heavy atom. The Morgan fingerprint density at radius 3 is 2.60 bits per heavy atom. The summed E-state index contributed by atoms with van der Waals surface area (Å²) in [7, 11) is 1.90. The van der Waals surface area contributed by atoms with E-state index < -0.39 is 0 Å². The fourth-order valence-corrected chi connectivity index (χ4v) is 2.17. The summed E-state index contributed by atoms with van der Waals surface area (Å²) in [5, 5.41) is 6.45. The van der Waals surface area contributed by atoms with Crippen LogP contribution in [0.15, 0.2) is 18.3 Å². The molecule has 0 saturated carbocycles. The molecule has 0 bridgehead atoms. The number of nitrogens with zero attached hydrogens (tertiary/aromatic N) is 1. The van der Waals surface area contributed by atoms with Gasteiger partial charge in [0.25, 0.3) is 0 Å². The van der Waals surface area contributed by atoms with E-state index in [0.29, 0.717) is 5.41 Å². The third-order valence-electron chi connectivity index (χ3n) is 3.42. The lowest BCUT2D eigenvalue weighted by molar-refractivity contribution is 0.334. The average molecular weight is 205 g/mol. The maximum Gasteiger partial charge on any atom is 0.125 e. The molecule has 1 aromatic heterocycles. The van der Waals surface area contributed by atoms with Crippen LogP contribution in [0.5, 0.6) is 0 Å². The van der Waals surface area contributed by atoms with Gasteiger partial charge in [0.1, 0.15) is 5.82 Å². The molecule has 0 atom stereocenters. The fraction of sp³-hybridized carbons (Fsp3) is 0.583. The quantitative estimate of drug-likeness (QED) is 0.772. The molecule has 1 aromatic rings. The first-order chi connectivity index (χ1) is 7.24. The molecule has 2 N–H and O–H groups in total. The number of aromatic nitrogens is 1. The van der Waals surface area contributed by atoms with E-state index >= 15 is 0 Å². The smallest absolute Gasteiger partial charge is 0.125 e. The molecule has 82 valence electrons. The van der Waals surface area contributed by atoms with Crippen LogP contribution in [0.1, 0.15) is 25.3 Å². The second-order valence-electron chi connectivity index (χ2n) is 4.49. The molecular weight excluding hydrogens is 186 g/mol.